The molecule has 1 rings (SSSR count). The highest BCUT2D eigenvalue weighted by Gasteiger charge is 2.02. The minimum atomic E-state index is -0.172. The van der Waals surface area contributed by atoms with Gasteiger partial charge in [0, 0.05) is 12.3 Å². The van der Waals surface area contributed by atoms with Gasteiger partial charge in [0.2, 0.25) is 0 Å². The lowest BCUT2D eigenvalue weighted by Crippen LogP contribution is -2.01. The Labute approximate surface area is 88.9 Å². The molecular formula is C11H16FNS. The first-order chi connectivity index (χ1) is 6.77. The average Bonchev–Trinajstić information content (AvgIpc) is 2.19. The SMILES string of the molecule is CCCSCc1cc(F)ccc1CN. The predicted octanol–water partition coefficient (Wildman–Crippen LogP) is 2.93. The molecule has 14 heavy (non-hydrogen) atoms. The molecule has 0 bridgehead atoms. The summed E-state index contributed by atoms with van der Waals surface area (Å²) >= 11 is 1.82. The molecular weight excluding hydrogens is 197 g/mol. The fourth-order valence-corrected chi connectivity index (χ4v) is 2.18. The van der Waals surface area contributed by atoms with Gasteiger partial charge in [-0.3, -0.25) is 0 Å². The molecule has 0 fully saturated rings. The first-order valence-electron chi connectivity index (χ1n) is 4.83. The molecule has 78 valence electrons. The van der Waals surface area contributed by atoms with Gasteiger partial charge in [0.05, 0.1) is 0 Å². The van der Waals surface area contributed by atoms with E-state index in [1.807, 2.05) is 11.8 Å². The van der Waals surface area contributed by atoms with Crippen LogP contribution in [0.4, 0.5) is 4.39 Å². The van der Waals surface area contributed by atoms with Crippen molar-refractivity contribution in [2.24, 2.45) is 5.73 Å². The zero-order valence-electron chi connectivity index (χ0n) is 8.42. The van der Waals surface area contributed by atoms with Crippen LogP contribution in [0.25, 0.3) is 0 Å². The van der Waals surface area contributed by atoms with Gasteiger partial charge in [-0.1, -0.05) is 13.0 Å². The lowest BCUT2D eigenvalue weighted by molar-refractivity contribution is 0.625. The van der Waals surface area contributed by atoms with Crippen LogP contribution in [0.5, 0.6) is 0 Å². The molecule has 3 heteroatoms. The van der Waals surface area contributed by atoms with E-state index < -0.39 is 0 Å². The molecule has 0 heterocycles. The van der Waals surface area contributed by atoms with Crippen molar-refractivity contribution in [3.05, 3.63) is 35.1 Å². The second kappa shape index (κ2) is 6.04. The summed E-state index contributed by atoms with van der Waals surface area (Å²) in [5.74, 6) is 1.80. The normalized spacial score (nSPS) is 10.5. The summed E-state index contributed by atoms with van der Waals surface area (Å²) in [5, 5.41) is 0. The van der Waals surface area contributed by atoms with Crippen molar-refractivity contribution in [1.82, 2.24) is 0 Å². The van der Waals surface area contributed by atoms with Gasteiger partial charge in [-0.05, 0) is 35.4 Å². The molecule has 1 aromatic rings. The maximum atomic E-state index is 12.9. The van der Waals surface area contributed by atoms with Gasteiger partial charge in [0.1, 0.15) is 5.82 Å². The van der Waals surface area contributed by atoms with Crippen molar-refractivity contribution < 1.29 is 4.39 Å². The van der Waals surface area contributed by atoms with Crippen molar-refractivity contribution in [3.8, 4) is 0 Å². The Morgan fingerprint density at radius 2 is 2.14 bits per heavy atom. The number of benzene rings is 1. The Kier molecular flexibility index (Phi) is 4.98. The van der Waals surface area contributed by atoms with E-state index in [1.54, 1.807) is 12.1 Å². The third-order valence-electron chi connectivity index (χ3n) is 1.99. The van der Waals surface area contributed by atoms with Crippen LogP contribution in [0.3, 0.4) is 0 Å². The Morgan fingerprint density at radius 1 is 1.36 bits per heavy atom. The fourth-order valence-electron chi connectivity index (χ4n) is 1.25. The molecule has 2 N–H and O–H groups in total. The highest BCUT2D eigenvalue weighted by Crippen LogP contribution is 2.18. The van der Waals surface area contributed by atoms with Gasteiger partial charge >= 0.3 is 0 Å². The Bertz CT molecular complexity index is 289. The second-order valence-electron chi connectivity index (χ2n) is 3.17. The molecule has 1 aromatic carbocycles. The van der Waals surface area contributed by atoms with Crippen molar-refractivity contribution in [1.29, 1.82) is 0 Å². The molecule has 0 spiro atoms. The van der Waals surface area contributed by atoms with Gasteiger partial charge < -0.3 is 5.73 Å². The van der Waals surface area contributed by atoms with E-state index >= 15 is 0 Å². The van der Waals surface area contributed by atoms with E-state index in [-0.39, 0.29) is 5.82 Å². The largest absolute Gasteiger partial charge is 0.326 e. The summed E-state index contributed by atoms with van der Waals surface area (Å²) < 4.78 is 12.9. The first kappa shape index (κ1) is 11.5. The summed E-state index contributed by atoms with van der Waals surface area (Å²) in [5.41, 5.74) is 7.66. The number of halogens is 1. The molecule has 0 saturated heterocycles. The Balaban J connectivity index is 2.67. The minimum absolute atomic E-state index is 0.172. The zero-order valence-corrected chi connectivity index (χ0v) is 9.24. The van der Waals surface area contributed by atoms with Crippen LogP contribution in [0.1, 0.15) is 24.5 Å². The molecule has 0 aliphatic heterocycles. The van der Waals surface area contributed by atoms with Crippen LogP contribution in [0, 0.1) is 5.82 Å². The number of rotatable bonds is 5. The van der Waals surface area contributed by atoms with E-state index in [0.29, 0.717) is 6.54 Å². The third kappa shape index (κ3) is 3.31. The summed E-state index contributed by atoms with van der Waals surface area (Å²) in [7, 11) is 0. The van der Waals surface area contributed by atoms with E-state index in [4.69, 9.17) is 5.73 Å². The Hall–Kier alpha value is -0.540. The van der Waals surface area contributed by atoms with Crippen LogP contribution in [-0.4, -0.2) is 5.75 Å². The van der Waals surface area contributed by atoms with E-state index in [2.05, 4.69) is 6.92 Å². The van der Waals surface area contributed by atoms with Crippen LogP contribution < -0.4 is 5.73 Å². The van der Waals surface area contributed by atoms with Crippen molar-refractivity contribution >= 4 is 11.8 Å². The number of hydrogen-bond acceptors (Lipinski definition) is 2. The fraction of sp³-hybridized carbons (Fsp3) is 0.455. The third-order valence-corrected chi connectivity index (χ3v) is 3.21. The first-order valence-corrected chi connectivity index (χ1v) is 5.98. The van der Waals surface area contributed by atoms with Gasteiger partial charge in [-0.25, -0.2) is 4.39 Å². The van der Waals surface area contributed by atoms with Gasteiger partial charge in [0.25, 0.3) is 0 Å². The molecule has 0 saturated carbocycles. The predicted molar refractivity (Wildman–Crippen MR) is 60.7 cm³/mol. The smallest absolute Gasteiger partial charge is 0.123 e. The summed E-state index contributed by atoms with van der Waals surface area (Å²) in [6.07, 6.45) is 1.15. The van der Waals surface area contributed by atoms with Crippen LogP contribution in [-0.2, 0) is 12.3 Å². The van der Waals surface area contributed by atoms with E-state index in [0.717, 1.165) is 29.1 Å². The lowest BCUT2D eigenvalue weighted by Gasteiger charge is -2.07. The molecule has 0 aromatic heterocycles. The second-order valence-corrected chi connectivity index (χ2v) is 4.27. The summed E-state index contributed by atoms with van der Waals surface area (Å²) in [6, 6.07) is 4.83. The molecule has 1 nitrogen and oxygen atoms in total. The maximum Gasteiger partial charge on any atom is 0.123 e. The van der Waals surface area contributed by atoms with Crippen molar-refractivity contribution in [2.75, 3.05) is 5.75 Å². The highest BCUT2D eigenvalue weighted by atomic mass is 32.2. The zero-order chi connectivity index (χ0) is 10.4. The molecule has 0 aliphatic carbocycles. The highest BCUT2D eigenvalue weighted by molar-refractivity contribution is 7.98. The molecule has 0 unspecified atom stereocenters. The maximum absolute atomic E-state index is 12.9. The van der Waals surface area contributed by atoms with Crippen LogP contribution >= 0.6 is 11.8 Å². The molecule has 0 amide bonds. The number of hydrogen-bond donors (Lipinski definition) is 1. The summed E-state index contributed by atoms with van der Waals surface area (Å²) in [6.45, 7) is 2.63. The van der Waals surface area contributed by atoms with Crippen LogP contribution in [0.2, 0.25) is 0 Å². The molecule has 0 aliphatic rings. The van der Waals surface area contributed by atoms with E-state index in [9.17, 15) is 4.39 Å². The van der Waals surface area contributed by atoms with Crippen molar-refractivity contribution in [2.45, 2.75) is 25.6 Å². The minimum Gasteiger partial charge on any atom is -0.326 e. The number of thioether (sulfide) groups is 1. The summed E-state index contributed by atoms with van der Waals surface area (Å²) in [4.78, 5) is 0. The van der Waals surface area contributed by atoms with Crippen molar-refractivity contribution in [3.63, 3.8) is 0 Å². The average molecular weight is 213 g/mol. The van der Waals surface area contributed by atoms with E-state index in [1.165, 1.54) is 6.07 Å². The van der Waals surface area contributed by atoms with Gasteiger partial charge in [0.15, 0.2) is 0 Å². The molecule has 0 radical (unpaired) electrons. The number of nitrogens with two attached hydrogens (primary N) is 1. The lowest BCUT2D eigenvalue weighted by atomic mass is 10.1. The monoisotopic (exact) mass is 213 g/mol. The standard InChI is InChI=1S/C11H16FNS/c1-2-5-14-8-10-6-11(12)4-3-9(10)7-13/h3-4,6H,2,5,7-8,13H2,1H3. The van der Waals surface area contributed by atoms with Gasteiger partial charge in [-0.15, -0.1) is 0 Å². The quantitative estimate of drug-likeness (QED) is 0.761. The topological polar surface area (TPSA) is 26.0 Å². The Morgan fingerprint density at radius 3 is 2.79 bits per heavy atom. The molecule has 0 atom stereocenters. The van der Waals surface area contributed by atoms with Crippen LogP contribution in [0.15, 0.2) is 18.2 Å². The van der Waals surface area contributed by atoms with Gasteiger partial charge in [-0.2, -0.15) is 11.8 Å².